The van der Waals surface area contributed by atoms with Gasteiger partial charge in [-0.05, 0) is 31.2 Å². The monoisotopic (exact) mass is 203 g/mol. The Morgan fingerprint density at radius 2 is 1.87 bits per heavy atom. The number of hydrogen-bond donors (Lipinski definition) is 0. The Balaban J connectivity index is 2.69. The first-order valence-corrected chi connectivity index (χ1v) is 4.17. The summed E-state index contributed by atoms with van der Waals surface area (Å²) < 4.78 is 9.49. The molecular weight excluding hydrogens is 194 g/mol. The van der Waals surface area contributed by atoms with Crippen LogP contribution < -0.4 is 9.47 Å². The van der Waals surface area contributed by atoms with Gasteiger partial charge in [0, 0.05) is 5.57 Å². The van der Waals surface area contributed by atoms with E-state index in [9.17, 15) is 4.79 Å². The van der Waals surface area contributed by atoms with Gasteiger partial charge in [0.2, 0.25) is 0 Å². The number of esters is 1. The first-order valence-electron chi connectivity index (χ1n) is 4.17. The van der Waals surface area contributed by atoms with Crippen molar-refractivity contribution in [2.24, 2.45) is 0 Å². The van der Waals surface area contributed by atoms with E-state index < -0.39 is 5.97 Å². The summed E-state index contributed by atoms with van der Waals surface area (Å²) in [6.07, 6.45) is 1.54. The zero-order valence-electron chi connectivity index (χ0n) is 8.19. The van der Waals surface area contributed by atoms with Gasteiger partial charge < -0.3 is 9.47 Å². The highest BCUT2D eigenvalue weighted by Crippen LogP contribution is 2.17. The normalized spacial score (nSPS) is 8.80. The van der Waals surface area contributed by atoms with Crippen molar-refractivity contribution in [3.63, 3.8) is 0 Å². The molecule has 0 heterocycles. The number of carbonyl (C=O) groups is 1. The Labute approximate surface area is 87.3 Å². The summed E-state index contributed by atoms with van der Waals surface area (Å²) in [7, 11) is 0. The Kier molecular flexibility index (Phi) is 3.47. The molecule has 0 N–H and O–H groups in total. The Bertz CT molecular complexity index is 414. The molecule has 0 aliphatic heterocycles. The van der Waals surface area contributed by atoms with Gasteiger partial charge in [0.15, 0.2) is 0 Å². The van der Waals surface area contributed by atoms with Crippen molar-refractivity contribution in [3.8, 4) is 17.8 Å². The molecule has 0 radical (unpaired) electrons. The summed E-state index contributed by atoms with van der Waals surface area (Å²) in [6.45, 7) is 5.02. The predicted octanol–water partition coefficient (Wildman–Crippen LogP) is 2.03. The lowest BCUT2D eigenvalue weighted by Crippen LogP contribution is -2.07. The Morgan fingerprint density at radius 1 is 1.33 bits per heavy atom. The molecule has 15 heavy (non-hydrogen) atoms. The molecule has 0 amide bonds. The molecule has 0 spiro atoms. The molecule has 1 aromatic rings. The van der Waals surface area contributed by atoms with E-state index in [0.717, 1.165) is 0 Å². The molecule has 0 bridgehead atoms. The van der Waals surface area contributed by atoms with Crippen molar-refractivity contribution in [1.82, 2.24) is 0 Å². The summed E-state index contributed by atoms with van der Waals surface area (Å²) in [6, 6.07) is 6.13. The van der Waals surface area contributed by atoms with Gasteiger partial charge in [-0.2, -0.15) is 0 Å². The van der Waals surface area contributed by atoms with Crippen LogP contribution in [-0.4, -0.2) is 5.97 Å². The first-order chi connectivity index (χ1) is 7.13. The molecule has 1 rings (SSSR count). The van der Waals surface area contributed by atoms with Crippen molar-refractivity contribution in [3.05, 3.63) is 36.4 Å². The average molecular weight is 203 g/mol. The van der Waals surface area contributed by atoms with E-state index in [2.05, 4.69) is 11.3 Å². The van der Waals surface area contributed by atoms with E-state index in [0.29, 0.717) is 17.1 Å². The third-order valence-electron chi connectivity index (χ3n) is 1.55. The minimum Gasteiger partial charge on any atom is -0.423 e. The summed E-state index contributed by atoms with van der Waals surface area (Å²) in [5.74, 6) is 0.296. The van der Waals surface area contributed by atoms with Gasteiger partial charge in [-0.25, -0.2) is 4.79 Å². The van der Waals surface area contributed by atoms with E-state index in [1.54, 1.807) is 13.2 Å². The van der Waals surface area contributed by atoms with Crippen molar-refractivity contribution >= 4 is 5.97 Å². The topological polar surface area (TPSA) is 59.3 Å². The average Bonchev–Trinajstić information content (AvgIpc) is 2.21. The van der Waals surface area contributed by atoms with Gasteiger partial charge in [-0.3, -0.25) is 0 Å². The maximum absolute atomic E-state index is 11.1. The van der Waals surface area contributed by atoms with Crippen LogP contribution in [0.5, 0.6) is 11.5 Å². The van der Waals surface area contributed by atoms with Crippen LogP contribution in [-0.2, 0) is 4.79 Å². The highest BCUT2D eigenvalue weighted by atomic mass is 16.5. The lowest BCUT2D eigenvalue weighted by atomic mass is 10.3. The Hall–Kier alpha value is -2.28. The van der Waals surface area contributed by atoms with Gasteiger partial charge in [0.1, 0.15) is 11.5 Å². The van der Waals surface area contributed by atoms with E-state index in [1.165, 1.54) is 24.3 Å². The van der Waals surface area contributed by atoms with Crippen molar-refractivity contribution in [1.29, 1.82) is 5.26 Å². The molecule has 0 aliphatic carbocycles. The fraction of sp³-hybridized carbons (Fsp3) is 0.0909. The second kappa shape index (κ2) is 4.82. The molecular formula is C11H9NO3. The lowest BCUT2D eigenvalue weighted by molar-refractivity contribution is -0.130. The van der Waals surface area contributed by atoms with E-state index >= 15 is 0 Å². The SMILES string of the molecule is C=C(C)C(=O)Oc1ccc(OC#N)cc1. The molecule has 0 saturated heterocycles. The van der Waals surface area contributed by atoms with Gasteiger partial charge in [0.25, 0.3) is 6.26 Å². The van der Waals surface area contributed by atoms with Crippen LogP contribution in [0.3, 0.4) is 0 Å². The van der Waals surface area contributed by atoms with Crippen LogP contribution in [0.25, 0.3) is 0 Å². The quantitative estimate of drug-likeness (QED) is 0.326. The molecule has 0 atom stereocenters. The zero-order valence-corrected chi connectivity index (χ0v) is 8.19. The van der Waals surface area contributed by atoms with E-state index in [1.807, 2.05) is 0 Å². The van der Waals surface area contributed by atoms with Crippen LogP contribution in [0.1, 0.15) is 6.92 Å². The van der Waals surface area contributed by atoms with Crippen LogP contribution in [0, 0.1) is 11.5 Å². The zero-order chi connectivity index (χ0) is 11.3. The van der Waals surface area contributed by atoms with Gasteiger partial charge in [0.05, 0.1) is 0 Å². The van der Waals surface area contributed by atoms with Crippen molar-refractivity contribution in [2.75, 3.05) is 0 Å². The molecule has 0 aromatic heterocycles. The highest BCUT2D eigenvalue weighted by Gasteiger charge is 2.04. The molecule has 0 fully saturated rings. The number of rotatable bonds is 3. The highest BCUT2D eigenvalue weighted by molar-refractivity contribution is 5.88. The second-order valence-corrected chi connectivity index (χ2v) is 2.83. The minimum atomic E-state index is -0.482. The van der Waals surface area contributed by atoms with E-state index in [4.69, 9.17) is 10.00 Å². The van der Waals surface area contributed by atoms with Gasteiger partial charge in [-0.15, -0.1) is 5.26 Å². The Morgan fingerprint density at radius 3 is 2.33 bits per heavy atom. The fourth-order valence-corrected chi connectivity index (χ4v) is 0.823. The first kappa shape index (κ1) is 10.8. The largest absolute Gasteiger partial charge is 0.423 e. The number of ether oxygens (including phenoxy) is 2. The van der Waals surface area contributed by atoms with Gasteiger partial charge >= 0.3 is 5.97 Å². The maximum atomic E-state index is 11.1. The van der Waals surface area contributed by atoms with Gasteiger partial charge in [-0.1, -0.05) is 6.58 Å². The smallest absolute Gasteiger partial charge is 0.338 e. The van der Waals surface area contributed by atoms with Crippen LogP contribution in [0.4, 0.5) is 0 Å². The third kappa shape index (κ3) is 3.16. The summed E-state index contributed by atoms with van der Waals surface area (Å²) in [4.78, 5) is 11.1. The van der Waals surface area contributed by atoms with Crippen LogP contribution in [0.2, 0.25) is 0 Å². The molecule has 4 nitrogen and oxygen atoms in total. The molecule has 76 valence electrons. The fourth-order valence-electron chi connectivity index (χ4n) is 0.823. The molecule has 1 aromatic carbocycles. The van der Waals surface area contributed by atoms with Crippen LogP contribution >= 0.6 is 0 Å². The predicted molar refractivity (Wildman–Crippen MR) is 53.1 cm³/mol. The molecule has 0 aliphatic rings. The maximum Gasteiger partial charge on any atom is 0.338 e. The van der Waals surface area contributed by atoms with Crippen LogP contribution in [0.15, 0.2) is 36.4 Å². The summed E-state index contributed by atoms with van der Waals surface area (Å²) in [5, 5.41) is 8.24. The standard InChI is InChI=1S/C11H9NO3/c1-8(2)11(13)15-10-5-3-9(4-6-10)14-7-12/h3-6H,1H2,2H3. The summed E-state index contributed by atoms with van der Waals surface area (Å²) >= 11 is 0. The number of hydrogen-bond acceptors (Lipinski definition) is 4. The number of nitriles is 1. The lowest BCUT2D eigenvalue weighted by Gasteiger charge is -2.03. The third-order valence-corrected chi connectivity index (χ3v) is 1.55. The van der Waals surface area contributed by atoms with Crippen molar-refractivity contribution < 1.29 is 14.3 Å². The van der Waals surface area contributed by atoms with E-state index in [-0.39, 0.29) is 0 Å². The molecule has 0 saturated carbocycles. The molecule has 0 unspecified atom stereocenters. The summed E-state index contributed by atoms with van der Waals surface area (Å²) in [5.41, 5.74) is 0.326. The minimum absolute atomic E-state index is 0.326. The van der Waals surface area contributed by atoms with Crippen molar-refractivity contribution in [2.45, 2.75) is 6.92 Å². The number of benzene rings is 1. The second-order valence-electron chi connectivity index (χ2n) is 2.83. The number of carbonyl (C=O) groups excluding carboxylic acids is 1. The number of nitrogens with zero attached hydrogens (tertiary/aromatic N) is 1. The molecule has 4 heteroatoms.